The van der Waals surface area contributed by atoms with Crippen molar-refractivity contribution in [2.75, 3.05) is 6.54 Å². The van der Waals surface area contributed by atoms with Gasteiger partial charge < -0.3 is 5.11 Å². The average Bonchev–Trinajstić information content (AvgIpc) is 2.60. The maximum atomic E-state index is 12.2. The Labute approximate surface area is 158 Å². The summed E-state index contributed by atoms with van der Waals surface area (Å²) in [6, 6.07) is 20.3. The highest BCUT2D eigenvalue weighted by molar-refractivity contribution is 7.88. The fraction of sp³-hybridized carbons (Fsp3) is 0.200. The van der Waals surface area contributed by atoms with Crippen molar-refractivity contribution < 1.29 is 13.5 Å². The van der Waals surface area contributed by atoms with Crippen molar-refractivity contribution in [2.24, 2.45) is 0 Å². The normalized spacial score (nSPS) is 13.0. The lowest BCUT2D eigenvalue weighted by atomic mass is 9.99. The first-order chi connectivity index (χ1) is 12.4. The van der Waals surface area contributed by atoms with E-state index in [2.05, 4.69) is 4.72 Å². The zero-order chi connectivity index (χ0) is 18.6. The lowest BCUT2D eigenvalue weighted by Gasteiger charge is -2.14. The van der Waals surface area contributed by atoms with Gasteiger partial charge in [0.25, 0.3) is 0 Å². The minimum atomic E-state index is -3.49. The highest BCUT2D eigenvalue weighted by Gasteiger charge is 2.15. The van der Waals surface area contributed by atoms with Crippen LogP contribution >= 0.6 is 11.6 Å². The van der Waals surface area contributed by atoms with Gasteiger partial charge in [0.2, 0.25) is 10.0 Å². The molecule has 4 nitrogen and oxygen atoms in total. The SMILES string of the molecule is O=S(=O)(Cc1cccc(Cl)c1)NCCC(O)c1cccc2ccccc12. The van der Waals surface area contributed by atoms with Crippen LogP contribution in [0, 0.1) is 0 Å². The van der Waals surface area contributed by atoms with E-state index in [0.717, 1.165) is 16.3 Å². The van der Waals surface area contributed by atoms with Gasteiger partial charge in [0, 0.05) is 11.6 Å². The predicted octanol–water partition coefficient (Wildman–Crippen LogP) is 4.04. The van der Waals surface area contributed by atoms with E-state index in [9.17, 15) is 13.5 Å². The molecule has 0 fully saturated rings. The molecule has 1 unspecified atom stereocenters. The number of fused-ring (bicyclic) bond motifs is 1. The van der Waals surface area contributed by atoms with Gasteiger partial charge in [-0.3, -0.25) is 0 Å². The first-order valence-electron chi connectivity index (χ1n) is 8.32. The molecule has 0 saturated heterocycles. The van der Waals surface area contributed by atoms with E-state index in [1.807, 2.05) is 42.5 Å². The second-order valence-corrected chi connectivity index (χ2v) is 8.40. The van der Waals surface area contributed by atoms with Crippen LogP contribution in [0.1, 0.15) is 23.7 Å². The number of aliphatic hydroxyl groups excluding tert-OH is 1. The maximum absolute atomic E-state index is 12.2. The smallest absolute Gasteiger partial charge is 0.215 e. The Morgan fingerprint density at radius 2 is 1.73 bits per heavy atom. The van der Waals surface area contributed by atoms with Gasteiger partial charge in [0.15, 0.2) is 0 Å². The summed E-state index contributed by atoms with van der Waals surface area (Å²) in [6.45, 7) is 0.160. The average molecular weight is 390 g/mol. The van der Waals surface area contributed by atoms with Crippen LogP contribution in [0.4, 0.5) is 0 Å². The van der Waals surface area contributed by atoms with E-state index < -0.39 is 16.1 Å². The van der Waals surface area contributed by atoms with Gasteiger partial charge in [-0.25, -0.2) is 13.1 Å². The van der Waals surface area contributed by atoms with E-state index >= 15 is 0 Å². The zero-order valence-corrected chi connectivity index (χ0v) is 15.7. The third kappa shape index (κ3) is 4.83. The second-order valence-electron chi connectivity index (χ2n) is 6.16. The molecule has 0 saturated carbocycles. The lowest BCUT2D eigenvalue weighted by Crippen LogP contribution is -2.27. The summed E-state index contributed by atoms with van der Waals surface area (Å²) in [5.74, 6) is -0.141. The molecule has 3 aromatic rings. The maximum Gasteiger partial charge on any atom is 0.215 e. The fourth-order valence-electron chi connectivity index (χ4n) is 2.94. The fourth-order valence-corrected chi connectivity index (χ4v) is 4.31. The molecule has 3 aromatic carbocycles. The van der Waals surface area contributed by atoms with E-state index in [-0.39, 0.29) is 12.3 Å². The van der Waals surface area contributed by atoms with E-state index in [0.29, 0.717) is 17.0 Å². The van der Waals surface area contributed by atoms with Crippen molar-refractivity contribution in [3.63, 3.8) is 0 Å². The molecule has 0 spiro atoms. The molecule has 136 valence electrons. The highest BCUT2D eigenvalue weighted by Crippen LogP contribution is 2.26. The van der Waals surface area contributed by atoms with Crippen LogP contribution in [-0.4, -0.2) is 20.1 Å². The summed E-state index contributed by atoms with van der Waals surface area (Å²) < 4.78 is 27.0. The summed E-state index contributed by atoms with van der Waals surface area (Å²) in [7, 11) is -3.49. The Hall–Kier alpha value is -1.92. The first kappa shape index (κ1) is 18.9. The van der Waals surface area contributed by atoms with Gasteiger partial charge in [-0.1, -0.05) is 66.2 Å². The zero-order valence-electron chi connectivity index (χ0n) is 14.1. The summed E-state index contributed by atoms with van der Waals surface area (Å²) in [5.41, 5.74) is 1.43. The number of aliphatic hydroxyl groups is 1. The van der Waals surface area contributed by atoms with Gasteiger partial charge in [-0.15, -0.1) is 0 Å². The molecule has 0 amide bonds. The molecule has 3 rings (SSSR count). The van der Waals surface area contributed by atoms with Gasteiger partial charge >= 0.3 is 0 Å². The summed E-state index contributed by atoms with van der Waals surface area (Å²) in [6.07, 6.45) is -0.446. The largest absolute Gasteiger partial charge is 0.388 e. The topological polar surface area (TPSA) is 66.4 Å². The van der Waals surface area contributed by atoms with Gasteiger partial charge in [0.1, 0.15) is 0 Å². The molecule has 0 aromatic heterocycles. The molecule has 6 heteroatoms. The molecular formula is C20H20ClNO3S. The molecular weight excluding hydrogens is 370 g/mol. The molecule has 26 heavy (non-hydrogen) atoms. The van der Waals surface area contributed by atoms with Crippen molar-refractivity contribution >= 4 is 32.4 Å². The molecule has 0 aliphatic carbocycles. The standard InChI is InChI=1S/C20H20ClNO3S/c21-17-8-3-5-15(13-17)14-26(24,25)22-12-11-20(23)19-10-4-7-16-6-1-2-9-18(16)19/h1-10,13,20,22-23H,11-12,14H2. The van der Waals surface area contributed by atoms with Crippen molar-refractivity contribution in [3.05, 3.63) is 82.9 Å². The number of sulfonamides is 1. The molecule has 2 N–H and O–H groups in total. The number of rotatable bonds is 7. The van der Waals surface area contributed by atoms with Crippen LogP contribution in [-0.2, 0) is 15.8 Å². The Morgan fingerprint density at radius 1 is 1.00 bits per heavy atom. The Kier molecular flexibility index (Phi) is 5.94. The van der Waals surface area contributed by atoms with Crippen LogP contribution in [0.2, 0.25) is 5.02 Å². The molecule has 1 atom stereocenters. The Morgan fingerprint density at radius 3 is 2.54 bits per heavy atom. The number of hydrogen-bond acceptors (Lipinski definition) is 3. The van der Waals surface area contributed by atoms with Crippen molar-refractivity contribution in [1.82, 2.24) is 4.72 Å². The van der Waals surface area contributed by atoms with Crippen molar-refractivity contribution in [2.45, 2.75) is 18.3 Å². The van der Waals surface area contributed by atoms with Crippen LogP contribution in [0.15, 0.2) is 66.7 Å². The van der Waals surface area contributed by atoms with Crippen molar-refractivity contribution in [3.8, 4) is 0 Å². The van der Waals surface area contributed by atoms with Gasteiger partial charge in [0.05, 0.1) is 11.9 Å². The number of hydrogen-bond donors (Lipinski definition) is 2. The monoisotopic (exact) mass is 389 g/mol. The number of nitrogens with one attached hydrogen (secondary N) is 1. The van der Waals surface area contributed by atoms with Gasteiger partial charge in [-0.2, -0.15) is 0 Å². The third-order valence-corrected chi connectivity index (χ3v) is 5.76. The Balaban J connectivity index is 1.61. The highest BCUT2D eigenvalue weighted by atomic mass is 35.5. The molecule has 0 bridgehead atoms. The van der Waals surface area contributed by atoms with Crippen LogP contribution in [0.25, 0.3) is 10.8 Å². The molecule has 0 aliphatic rings. The second kappa shape index (κ2) is 8.18. The predicted molar refractivity (Wildman–Crippen MR) is 106 cm³/mol. The quantitative estimate of drug-likeness (QED) is 0.641. The van der Waals surface area contributed by atoms with E-state index in [1.54, 1.807) is 24.3 Å². The summed E-state index contributed by atoms with van der Waals surface area (Å²) in [4.78, 5) is 0. The first-order valence-corrected chi connectivity index (χ1v) is 10.4. The van der Waals surface area contributed by atoms with Crippen LogP contribution in [0.3, 0.4) is 0 Å². The van der Waals surface area contributed by atoms with Crippen LogP contribution < -0.4 is 4.72 Å². The Bertz CT molecular complexity index is 999. The molecule has 0 radical (unpaired) electrons. The third-order valence-electron chi connectivity index (χ3n) is 4.17. The number of benzene rings is 3. The summed E-state index contributed by atoms with van der Waals surface area (Å²) in [5, 5.41) is 13.0. The van der Waals surface area contributed by atoms with Crippen molar-refractivity contribution in [1.29, 1.82) is 0 Å². The molecule has 0 aliphatic heterocycles. The van der Waals surface area contributed by atoms with Crippen LogP contribution in [0.5, 0.6) is 0 Å². The van der Waals surface area contributed by atoms with E-state index in [1.165, 1.54) is 0 Å². The minimum absolute atomic E-state index is 0.141. The summed E-state index contributed by atoms with van der Waals surface area (Å²) >= 11 is 5.89. The minimum Gasteiger partial charge on any atom is -0.388 e. The number of halogens is 1. The molecule has 0 heterocycles. The van der Waals surface area contributed by atoms with E-state index in [4.69, 9.17) is 11.6 Å². The lowest BCUT2D eigenvalue weighted by molar-refractivity contribution is 0.170. The van der Waals surface area contributed by atoms with Gasteiger partial charge in [-0.05, 0) is 40.5 Å².